The lowest BCUT2D eigenvalue weighted by Crippen LogP contribution is -2.41. The lowest BCUT2D eigenvalue weighted by molar-refractivity contribution is -0.119. The van der Waals surface area contributed by atoms with Crippen molar-refractivity contribution < 1.29 is 14.3 Å². The second kappa shape index (κ2) is 6.22. The highest BCUT2D eigenvalue weighted by atomic mass is 16.6. The van der Waals surface area contributed by atoms with Gasteiger partial charge in [0.1, 0.15) is 11.6 Å². The third-order valence-corrected chi connectivity index (χ3v) is 1.52. The van der Waals surface area contributed by atoms with E-state index in [0.717, 1.165) is 0 Å². The molecule has 0 aliphatic rings. The Morgan fingerprint density at radius 2 is 1.88 bits per heavy atom. The van der Waals surface area contributed by atoms with Crippen LogP contribution < -0.4 is 5.32 Å². The van der Waals surface area contributed by atoms with Crippen LogP contribution in [-0.2, 0) is 9.53 Å². The van der Waals surface area contributed by atoms with Crippen LogP contribution in [0.2, 0.25) is 0 Å². The fourth-order valence-corrected chi connectivity index (χ4v) is 0.830. The van der Waals surface area contributed by atoms with Crippen molar-refractivity contribution in [2.24, 2.45) is 4.99 Å². The molecule has 1 atom stereocenters. The Kier molecular flexibility index (Phi) is 5.64. The molecule has 0 aliphatic heterocycles. The number of ether oxygens (including phenoxy) is 1. The van der Waals surface area contributed by atoms with Crippen molar-refractivity contribution >= 4 is 18.3 Å². The molecule has 0 heterocycles. The van der Waals surface area contributed by atoms with Crippen LogP contribution in [0, 0.1) is 0 Å². The monoisotopic (exact) mass is 243 g/mol. The minimum absolute atomic E-state index is 0.426. The van der Waals surface area contributed by atoms with Gasteiger partial charge in [0.2, 0.25) is 0 Å². The van der Waals surface area contributed by atoms with Crippen molar-refractivity contribution in [2.45, 2.75) is 39.3 Å². The molecule has 0 aliphatic carbocycles. The molecule has 0 aromatic rings. The van der Waals surface area contributed by atoms with Crippen molar-refractivity contribution in [2.75, 3.05) is 14.1 Å². The maximum absolute atomic E-state index is 11.5. The van der Waals surface area contributed by atoms with Crippen LogP contribution in [0.15, 0.2) is 4.99 Å². The molecule has 1 N–H and O–H groups in total. The molecule has 98 valence electrons. The molecular formula is C11H21N3O3. The molecule has 0 saturated heterocycles. The fraction of sp³-hybridized carbons (Fsp3) is 0.727. The molecule has 0 spiro atoms. The Hall–Kier alpha value is -1.59. The summed E-state index contributed by atoms with van der Waals surface area (Å²) in [6.07, 6.45) is 0.758. The highest BCUT2D eigenvalue weighted by Crippen LogP contribution is 2.06. The van der Waals surface area contributed by atoms with Crippen LogP contribution in [0.1, 0.15) is 27.7 Å². The maximum Gasteiger partial charge on any atom is 0.408 e. The molecule has 2 amide bonds. The topological polar surface area (TPSA) is 71.0 Å². The zero-order valence-electron chi connectivity index (χ0n) is 11.3. The third kappa shape index (κ3) is 8.24. The summed E-state index contributed by atoms with van der Waals surface area (Å²) in [5.74, 6) is -0.426. The first-order chi connectivity index (χ1) is 7.61. The Balaban J connectivity index is 4.21. The van der Waals surface area contributed by atoms with Crippen LogP contribution in [0.25, 0.3) is 0 Å². The van der Waals surface area contributed by atoms with Gasteiger partial charge >= 0.3 is 6.09 Å². The van der Waals surface area contributed by atoms with Gasteiger partial charge in [-0.1, -0.05) is 0 Å². The fourth-order valence-electron chi connectivity index (χ4n) is 0.830. The van der Waals surface area contributed by atoms with E-state index in [4.69, 9.17) is 4.74 Å². The predicted molar refractivity (Wildman–Crippen MR) is 66.0 cm³/mol. The minimum atomic E-state index is -0.707. The Labute approximate surface area is 102 Å². The number of carbonyl (C=O) groups is 2. The number of alkyl carbamates (subject to hydrolysis) is 1. The first-order valence-electron chi connectivity index (χ1n) is 5.36. The van der Waals surface area contributed by atoms with E-state index in [-0.39, 0.29) is 0 Å². The Morgan fingerprint density at radius 1 is 1.35 bits per heavy atom. The van der Waals surface area contributed by atoms with E-state index in [1.807, 2.05) is 0 Å². The number of aliphatic imine (C=N–C) groups is 1. The zero-order chi connectivity index (χ0) is 13.6. The normalized spacial score (nSPS) is 13.3. The first kappa shape index (κ1) is 15.4. The molecule has 1 unspecified atom stereocenters. The van der Waals surface area contributed by atoms with Gasteiger partial charge < -0.3 is 15.0 Å². The number of nitrogens with one attached hydrogen (secondary N) is 1. The molecular weight excluding hydrogens is 222 g/mol. The van der Waals surface area contributed by atoms with Gasteiger partial charge in [0.15, 0.2) is 0 Å². The standard InChI is InChI=1S/C11H21N3O3/c1-8(9(15)12-7-14(5)6)13-10(16)17-11(2,3)4/h7-8H,1-6H3,(H,13,16)/b12-7+. The van der Waals surface area contributed by atoms with E-state index >= 15 is 0 Å². The number of hydrogen-bond donors (Lipinski definition) is 1. The lowest BCUT2D eigenvalue weighted by atomic mass is 10.2. The van der Waals surface area contributed by atoms with E-state index in [0.29, 0.717) is 0 Å². The highest BCUT2D eigenvalue weighted by Gasteiger charge is 2.20. The highest BCUT2D eigenvalue weighted by molar-refractivity contribution is 5.90. The second-order valence-electron chi connectivity index (χ2n) is 4.91. The van der Waals surface area contributed by atoms with E-state index in [1.165, 1.54) is 6.34 Å². The van der Waals surface area contributed by atoms with Crippen LogP contribution in [0.5, 0.6) is 0 Å². The summed E-state index contributed by atoms with van der Waals surface area (Å²) >= 11 is 0. The molecule has 17 heavy (non-hydrogen) atoms. The SMILES string of the molecule is CC(NC(=O)OC(C)(C)C)C(=O)/N=C/N(C)C. The smallest absolute Gasteiger partial charge is 0.408 e. The third-order valence-electron chi connectivity index (χ3n) is 1.52. The van der Waals surface area contributed by atoms with E-state index < -0.39 is 23.6 Å². The summed E-state index contributed by atoms with van der Waals surface area (Å²) < 4.78 is 5.02. The van der Waals surface area contributed by atoms with Crippen LogP contribution in [0.4, 0.5) is 4.79 Å². The van der Waals surface area contributed by atoms with Crippen molar-refractivity contribution in [1.82, 2.24) is 10.2 Å². The molecule has 0 bridgehead atoms. The Morgan fingerprint density at radius 3 is 2.29 bits per heavy atom. The summed E-state index contributed by atoms with van der Waals surface area (Å²) in [6.45, 7) is 6.81. The zero-order valence-corrected chi connectivity index (χ0v) is 11.3. The summed E-state index contributed by atoms with van der Waals surface area (Å²) in [4.78, 5) is 28.1. The molecule has 6 nitrogen and oxygen atoms in total. The lowest BCUT2D eigenvalue weighted by Gasteiger charge is -2.20. The summed E-state index contributed by atoms with van der Waals surface area (Å²) in [6, 6.07) is -0.707. The predicted octanol–water partition coefficient (Wildman–Crippen LogP) is 1.02. The van der Waals surface area contributed by atoms with Gasteiger partial charge in [-0.3, -0.25) is 4.79 Å². The van der Waals surface area contributed by atoms with Crippen molar-refractivity contribution in [1.29, 1.82) is 0 Å². The minimum Gasteiger partial charge on any atom is -0.444 e. The largest absolute Gasteiger partial charge is 0.444 e. The molecule has 6 heteroatoms. The van der Waals surface area contributed by atoms with Crippen molar-refractivity contribution in [3.05, 3.63) is 0 Å². The van der Waals surface area contributed by atoms with E-state index in [1.54, 1.807) is 46.7 Å². The average Bonchev–Trinajstić information content (AvgIpc) is 2.10. The van der Waals surface area contributed by atoms with Gasteiger partial charge in [-0.25, -0.2) is 9.79 Å². The first-order valence-corrected chi connectivity index (χ1v) is 5.36. The molecule has 0 aromatic carbocycles. The van der Waals surface area contributed by atoms with E-state index in [2.05, 4.69) is 10.3 Å². The van der Waals surface area contributed by atoms with Gasteiger partial charge in [-0.05, 0) is 27.7 Å². The molecule has 0 rings (SSSR count). The van der Waals surface area contributed by atoms with Crippen LogP contribution in [0.3, 0.4) is 0 Å². The molecule has 0 fully saturated rings. The average molecular weight is 243 g/mol. The quantitative estimate of drug-likeness (QED) is 0.593. The summed E-state index contributed by atoms with van der Waals surface area (Å²) in [5.41, 5.74) is -0.584. The van der Waals surface area contributed by atoms with Gasteiger partial charge in [0, 0.05) is 14.1 Å². The second-order valence-corrected chi connectivity index (χ2v) is 4.91. The van der Waals surface area contributed by atoms with Crippen LogP contribution in [-0.4, -0.2) is 49.0 Å². The molecule has 0 radical (unpaired) electrons. The number of amides is 2. The van der Waals surface area contributed by atoms with Gasteiger partial charge in [-0.15, -0.1) is 0 Å². The van der Waals surface area contributed by atoms with Crippen molar-refractivity contribution in [3.63, 3.8) is 0 Å². The van der Waals surface area contributed by atoms with Crippen LogP contribution >= 0.6 is 0 Å². The van der Waals surface area contributed by atoms with Gasteiger partial charge in [0.05, 0.1) is 6.34 Å². The van der Waals surface area contributed by atoms with Crippen molar-refractivity contribution in [3.8, 4) is 0 Å². The summed E-state index contributed by atoms with van der Waals surface area (Å²) in [5, 5.41) is 2.42. The van der Waals surface area contributed by atoms with Gasteiger partial charge in [-0.2, -0.15) is 0 Å². The number of rotatable bonds is 3. The summed E-state index contributed by atoms with van der Waals surface area (Å²) in [7, 11) is 3.51. The number of hydrogen-bond acceptors (Lipinski definition) is 3. The Bertz CT molecular complexity index is 306. The number of nitrogens with zero attached hydrogens (tertiary/aromatic N) is 2. The maximum atomic E-state index is 11.5. The van der Waals surface area contributed by atoms with Gasteiger partial charge in [0.25, 0.3) is 5.91 Å². The molecule has 0 saturated carbocycles. The van der Waals surface area contributed by atoms with E-state index in [9.17, 15) is 9.59 Å². The molecule has 0 aromatic heterocycles. The number of carbonyl (C=O) groups excluding carboxylic acids is 2.